The van der Waals surface area contributed by atoms with Crippen molar-refractivity contribution in [3.63, 3.8) is 0 Å². The maximum atomic E-state index is 6.57. The normalized spacial score (nSPS) is 22.3. The molecular formula is C26H26Cl2N2O2S2. The van der Waals surface area contributed by atoms with Gasteiger partial charge in [-0.3, -0.25) is 0 Å². The Balaban J connectivity index is 1.19. The molecule has 0 radical (unpaired) electrons. The molecule has 178 valence electrons. The summed E-state index contributed by atoms with van der Waals surface area (Å²) in [6, 6.07) is 12.3. The predicted molar refractivity (Wildman–Crippen MR) is 144 cm³/mol. The fourth-order valence-corrected chi connectivity index (χ4v) is 8.26. The minimum absolute atomic E-state index is 0.0215. The van der Waals surface area contributed by atoms with E-state index in [2.05, 4.69) is 28.8 Å². The Hall–Kier alpha value is -1.22. The molecule has 4 aromatic rings. The Bertz CT molecular complexity index is 1350. The predicted octanol–water partition coefficient (Wildman–Crippen LogP) is 6.53. The minimum Gasteiger partial charge on any atom is -0.372 e. The van der Waals surface area contributed by atoms with Gasteiger partial charge in [-0.1, -0.05) is 35.3 Å². The van der Waals surface area contributed by atoms with Gasteiger partial charge in [-0.15, -0.1) is 22.7 Å². The van der Waals surface area contributed by atoms with Crippen molar-refractivity contribution < 1.29 is 9.47 Å². The molecular weight excluding hydrogens is 507 g/mol. The SMILES string of the molecule is CNCC1OC(CNCC2OCCc3sc4c(Cl)cccc4c32)Cc2sc3ccc(Cl)cc3c21. The Kier molecular flexibility index (Phi) is 6.60. The van der Waals surface area contributed by atoms with Gasteiger partial charge in [-0.05, 0) is 31.3 Å². The number of thiophene rings is 2. The van der Waals surface area contributed by atoms with Crippen LogP contribution in [-0.2, 0) is 22.3 Å². The maximum absolute atomic E-state index is 6.57. The highest BCUT2D eigenvalue weighted by molar-refractivity contribution is 7.20. The molecule has 4 nitrogen and oxygen atoms in total. The van der Waals surface area contributed by atoms with Crippen LogP contribution in [0.4, 0.5) is 0 Å². The second kappa shape index (κ2) is 9.68. The Labute approximate surface area is 217 Å². The maximum Gasteiger partial charge on any atom is 0.0970 e. The summed E-state index contributed by atoms with van der Waals surface area (Å²) in [5, 5.41) is 11.0. The third-order valence-electron chi connectivity index (χ3n) is 6.70. The molecule has 3 atom stereocenters. The van der Waals surface area contributed by atoms with Crippen LogP contribution in [0, 0.1) is 0 Å². The zero-order valence-electron chi connectivity index (χ0n) is 18.8. The molecule has 6 rings (SSSR count). The number of benzene rings is 2. The van der Waals surface area contributed by atoms with Gasteiger partial charge in [0.15, 0.2) is 0 Å². The van der Waals surface area contributed by atoms with Crippen LogP contribution >= 0.6 is 45.9 Å². The molecule has 2 aliphatic heterocycles. The summed E-state index contributed by atoms with van der Waals surface area (Å²) < 4.78 is 15.2. The first-order valence-electron chi connectivity index (χ1n) is 11.7. The van der Waals surface area contributed by atoms with E-state index in [1.807, 2.05) is 47.9 Å². The summed E-state index contributed by atoms with van der Waals surface area (Å²) in [4.78, 5) is 2.81. The lowest BCUT2D eigenvalue weighted by Crippen LogP contribution is -2.39. The molecule has 4 heterocycles. The average Bonchev–Trinajstić information content (AvgIpc) is 3.39. The highest BCUT2D eigenvalue weighted by Gasteiger charge is 2.32. The standard InChI is InChI=1S/C26H26Cl2N2O2S2/c1-29-12-20-25-17-9-14(27)5-6-21(17)33-23(25)10-15(32-20)11-30-13-19-24-16-3-2-4-18(28)26(16)34-22(24)7-8-31-19/h2-6,9,15,19-20,29-30H,7-8,10-13H2,1H3. The molecule has 34 heavy (non-hydrogen) atoms. The zero-order valence-corrected chi connectivity index (χ0v) is 22.0. The molecule has 2 aliphatic rings. The second-order valence-electron chi connectivity index (χ2n) is 8.91. The van der Waals surface area contributed by atoms with Crippen molar-refractivity contribution in [2.75, 3.05) is 33.3 Å². The molecule has 2 N–H and O–H groups in total. The molecule has 0 spiro atoms. The number of fused-ring (bicyclic) bond motifs is 6. The van der Waals surface area contributed by atoms with E-state index < -0.39 is 0 Å². The third-order valence-corrected chi connectivity index (χ3v) is 9.89. The van der Waals surface area contributed by atoms with Crippen molar-refractivity contribution in [3.8, 4) is 0 Å². The van der Waals surface area contributed by atoms with Gasteiger partial charge in [0, 0.05) is 73.9 Å². The molecule has 2 aromatic carbocycles. The van der Waals surface area contributed by atoms with Crippen LogP contribution in [0.5, 0.6) is 0 Å². The molecule has 2 aromatic heterocycles. The molecule has 0 saturated carbocycles. The largest absolute Gasteiger partial charge is 0.372 e. The van der Waals surface area contributed by atoms with Crippen LogP contribution < -0.4 is 10.6 Å². The van der Waals surface area contributed by atoms with Gasteiger partial charge in [-0.25, -0.2) is 0 Å². The fourth-order valence-electron chi connectivity index (χ4n) is 5.26. The first-order chi connectivity index (χ1) is 16.6. The number of hydrogen-bond donors (Lipinski definition) is 2. The van der Waals surface area contributed by atoms with E-state index in [1.54, 1.807) is 0 Å². The lowest BCUT2D eigenvalue weighted by Gasteiger charge is -2.31. The van der Waals surface area contributed by atoms with E-state index in [1.165, 1.54) is 41.1 Å². The van der Waals surface area contributed by atoms with Crippen LogP contribution in [0.15, 0.2) is 36.4 Å². The highest BCUT2D eigenvalue weighted by atomic mass is 35.5. The van der Waals surface area contributed by atoms with Crippen molar-refractivity contribution in [1.29, 1.82) is 0 Å². The molecule has 0 saturated heterocycles. The Morgan fingerprint density at radius 1 is 0.971 bits per heavy atom. The van der Waals surface area contributed by atoms with Gasteiger partial charge in [0.05, 0.1) is 34.6 Å². The van der Waals surface area contributed by atoms with Crippen molar-refractivity contribution in [2.45, 2.75) is 31.2 Å². The number of hydrogen-bond acceptors (Lipinski definition) is 6. The third kappa shape index (κ3) is 4.18. The quantitative estimate of drug-likeness (QED) is 0.296. The van der Waals surface area contributed by atoms with Gasteiger partial charge >= 0.3 is 0 Å². The monoisotopic (exact) mass is 532 g/mol. The van der Waals surface area contributed by atoms with Crippen LogP contribution in [0.25, 0.3) is 20.2 Å². The van der Waals surface area contributed by atoms with E-state index in [9.17, 15) is 0 Å². The number of likely N-dealkylation sites (N-methyl/N-ethyl adjacent to an activating group) is 1. The number of nitrogens with one attached hydrogen (secondary N) is 2. The highest BCUT2D eigenvalue weighted by Crippen LogP contribution is 2.43. The van der Waals surface area contributed by atoms with Crippen molar-refractivity contribution in [2.24, 2.45) is 0 Å². The molecule has 0 bridgehead atoms. The van der Waals surface area contributed by atoms with Crippen molar-refractivity contribution in [1.82, 2.24) is 10.6 Å². The molecule has 0 fully saturated rings. The first kappa shape index (κ1) is 23.2. The van der Waals surface area contributed by atoms with E-state index in [0.29, 0.717) is 0 Å². The Morgan fingerprint density at radius 3 is 2.74 bits per heavy atom. The van der Waals surface area contributed by atoms with Crippen molar-refractivity contribution in [3.05, 3.63) is 67.3 Å². The van der Waals surface area contributed by atoms with E-state index in [4.69, 9.17) is 32.7 Å². The smallest absolute Gasteiger partial charge is 0.0970 e. The number of rotatable bonds is 6. The molecule has 3 unspecified atom stereocenters. The van der Waals surface area contributed by atoms with E-state index >= 15 is 0 Å². The van der Waals surface area contributed by atoms with Crippen LogP contribution in [0.3, 0.4) is 0 Å². The van der Waals surface area contributed by atoms with Crippen LogP contribution in [0.2, 0.25) is 10.0 Å². The summed E-state index contributed by atoms with van der Waals surface area (Å²) in [6.45, 7) is 3.07. The van der Waals surface area contributed by atoms with Crippen LogP contribution in [0.1, 0.15) is 33.1 Å². The van der Waals surface area contributed by atoms with Gasteiger partial charge in [-0.2, -0.15) is 0 Å². The van der Waals surface area contributed by atoms with Gasteiger partial charge in [0.1, 0.15) is 0 Å². The summed E-state index contributed by atoms with van der Waals surface area (Å²) in [7, 11) is 1.97. The summed E-state index contributed by atoms with van der Waals surface area (Å²) in [6.07, 6.45) is 2.04. The molecule has 8 heteroatoms. The second-order valence-corrected chi connectivity index (χ2v) is 12.0. The van der Waals surface area contributed by atoms with Crippen LogP contribution in [-0.4, -0.2) is 39.4 Å². The van der Waals surface area contributed by atoms with Gasteiger partial charge in [0.25, 0.3) is 0 Å². The summed E-state index contributed by atoms with van der Waals surface area (Å²) >= 11 is 16.5. The minimum atomic E-state index is 0.0215. The summed E-state index contributed by atoms with van der Waals surface area (Å²) in [5.74, 6) is 0. The topological polar surface area (TPSA) is 42.5 Å². The van der Waals surface area contributed by atoms with E-state index in [0.717, 1.165) is 49.1 Å². The lowest BCUT2D eigenvalue weighted by atomic mass is 9.98. The zero-order chi connectivity index (χ0) is 23.2. The van der Waals surface area contributed by atoms with Crippen molar-refractivity contribution >= 4 is 66.0 Å². The molecule has 0 amide bonds. The van der Waals surface area contributed by atoms with Gasteiger partial charge in [0.2, 0.25) is 0 Å². The lowest BCUT2D eigenvalue weighted by molar-refractivity contribution is -0.0237. The fraction of sp³-hybridized carbons (Fsp3) is 0.385. The summed E-state index contributed by atoms with van der Waals surface area (Å²) in [5.41, 5.74) is 2.61. The van der Waals surface area contributed by atoms with E-state index in [-0.39, 0.29) is 18.3 Å². The molecule has 0 aliphatic carbocycles. The average molecular weight is 534 g/mol. The Morgan fingerprint density at radius 2 is 1.85 bits per heavy atom. The first-order valence-corrected chi connectivity index (χ1v) is 14.0. The number of halogens is 2. The number of ether oxygens (including phenoxy) is 2. The van der Waals surface area contributed by atoms with Gasteiger partial charge < -0.3 is 20.1 Å².